The van der Waals surface area contributed by atoms with E-state index < -0.39 is 0 Å². The van der Waals surface area contributed by atoms with E-state index in [1.54, 1.807) is 18.3 Å². The van der Waals surface area contributed by atoms with Crippen LogP contribution in [-0.4, -0.2) is 23.7 Å². The summed E-state index contributed by atoms with van der Waals surface area (Å²) in [7, 11) is 0. The van der Waals surface area contributed by atoms with Crippen molar-refractivity contribution in [2.45, 2.75) is 0 Å². The lowest BCUT2D eigenvalue weighted by Crippen LogP contribution is -2.25. The Morgan fingerprint density at radius 1 is 1.22 bits per heavy atom. The highest BCUT2D eigenvalue weighted by Crippen LogP contribution is 2.24. The number of fused-ring (bicyclic) bond motifs is 1. The fourth-order valence-corrected chi connectivity index (χ4v) is 2.86. The van der Waals surface area contributed by atoms with Gasteiger partial charge in [0.2, 0.25) is 0 Å². The summed E-state index contributed by atoms with van der Waals surface area (Å²) < 4.78 is 1.08. The number of aromatic nitrogens is 1. The maximum absolute atomic E-state index is 11.7. The molecule has 3 rings (SSSR count). The van der Waals surface area contributed by atoms with Crippen molar-refractivity contribution in [1.29, 1.82) is 0 Å². The molecule has 1 amide bonds. The monoisotopic (exact) mass is 344 g/mol. The van der Waals surface area contributed by atoms with Crippen molar-refractivity contribution < 1.29 is 4.79 Å². The molecule has 0 bridgehead atoms. The average molecular weight is 345 g/mol. The fourth-order valence-electron chi connectivity index (χ4n) is 1.87. The minimum Gasteiger partial charge on any atom is -0.352 e. The van der Waals surface area contributed by atoms with Crippen LogP contribution in [0.4, 0.5) is 5.13 Å². The molecule has 3 aromatic rings. The predicted octanol–water partition coefficient (Wildman–Crippen LogP) is 3.51. The van der Waals surface area contributed by atoms with E-state index in [1.807, 2.05) is 36.4 Å². The second-order valence-electron chi connectivity index (χ2n) is 4.69. The van der Waals surface area contributed by atoms with Crippen LogP contribution >= 0.6 is 22.9 Å². The van der Waals surface area contributed by atoms with Crippen molar-refractivity contribution in [3.63, 3.8) is 0 Å². The second kappa shape index (κ2) is 7.21. The van der Waals surface area contributed by atoms with Crippen LogP contribution in [0, 0.1) is 0 Å². The first kappa shape index (κ1) is 15.5. The molecule has 0 saturated heterocycles. The van der Waals surface area contributed by atoms with E-state index in [-0.39, 0.29) is 12.5 Å². The lowest BCUT2D eigenvalue weighted by molar-refractivity contribution is -0.119. The highest BCUT2D eigenvalue weighted by Gasteiger charge is 2.04. The Hall–Kier alpha value is -2.44. The summed E-state index contributed by atoms with van der Waals surface area (Å²) in [5, 5.41) is 8.27. The van der Waals surface area contributed by atoms with E-state index in [0.29, 0.717) is 10.2 Å². The molecule has 0 aliphatic carbocycles. The van der Waals surface area contributed by atoms with Gasteiger partial charge >= 0.3 is 0 Å². The van der Waals surface area contributed by atoms with Crippen LogP contribution in [0.15, 0.2) is 53.6 Å². The molecular formula is C16H13ClN4OS. The summed E-state index contributed by atoms with van der Waals surface area (Å²) in [5.41, 5.74) is 4.23. The SMILES string of the molecule is O=C(CNc1nc2ccccc2s1)N/N=C\c1ccc(Cl)cc1. The summed E-state index contributed by atoms with van der Waals surface area (Å²) >= 11 is 7.31. The molecule has 2 N–H and O–H groups in total. The average Bonchev–Trinajstić information content (AvgIpc) is 2.98. The molecule has 0 fully saturated rings. The predicted molar refractivity (Wildman–Crippen MR) is 95.3 cm³/mol. The quantitative estimate of drug-likeness (QED) is 0.550. The molecule has 0 unspecified atom stereocenters. The van der Waals surface area contributed by atoms with Crippen LogP contribution in [0.1, 0.15) is 5.56 Å². The number of nitrogens with one attached hydrogen (secondary N) is 2. The lowest BCUT2D eigenvalue weighted by Gasteiger charge is -2.00. The maximum Gasteiger partial charge on any atom is 0.259 e. The first-order chi connectivity index (χ1) is 11.2. The molecule has 0 atom stereocenters. The summed E-state index contributed by atoms with van der Waals surface area (Å²) in [6.45, 7) is 0.109. The molecule has 0 spiro atoms. The molecule has 7 heteroatoms. The number of hydrogen-bond acceptors (Lipinski definition) is 5. The van der Waals surface area contributed by atoms with Crippen LogP contribution in [0.25, 0.3) is 10.2 Å². The summed E-state index contributed by atoms with van der Waals surface area (Å²) in [4.78, 5) is 16.1. The maximum atomic E-state index is 11.7. The van der Waals surface area contributed by atoms with Gasteiger partial charge in [-0.15, -0.1) is 0 Å². The largest absolute Gasteiger partial charge is 0.352 e. The molecule has 0 radical (unpaired) electrons. The van der Waals surface area contributed by atoms with E-state index >= 15 is 0 Å². The van der Waals surface area contributed by atoms with Crippen LogP contribution in [-0.2, 0) is 4.79 Å². The van der Waals surface area contributed by atoms with Crippen LogP contribution in [0.5, 0.6) is 0 Å². The van der Waals surface area contributed by atoms with Gasteiger partial charge in [-0.3, -0.25) is 4.79 Å². The number of hydrogen-bond donors (Lipinski definition) is 2. The normalized spacial score (nSPS) is 11.0. The zero-order valence-electron chi connectivity index (χ0n) is 12.0. The number of rotatable bonds is 5. The number of carbonyl (C=O) groups is 1. The van der Waals surface area contributed by atoms with Crippen molar-refractivity contribution in [2.24, 2.45) is 5.10 Å². The third-order valence-electron chi connectivity index (χ3n) is 2.97. The number of halogens is 1. The first-order valence-electron chi connectivity index (χ1n) is 6.87. The van der Waals surface area contributed by atoms with Gasteiger partial charge in [-0.05, 0) is 29.8 Å². The highest BCUT2D eigenvalue weighted by molar-refractivity contribution is 7.22. The number of amides is 1. The summed E-state index contributed by atoms with van der Waals surface area (Å²) in [5.74, 6) is -0.241. The van der Waals surface area contributed by atoms with Gasteiger partial charge in [0.15, 0.2) is 5.13 Å². The van der Waals surface area contributed by atoms with E-state index in [0.717, 1.165) is 15.8 Å². The van der Waals surface area contributed by atoms with Gasteiger partial charge in [-0.2, -0.15) is 5.10 Å². The molecule has 23 heavy (non-hydrogen) atoms. The Morgan fingerprint density at radius 2 is 2.00 bits per heavy atom. The topological polar surface area (TPSA) is 66.4 Å². The van der Waals surface area contributed by atoms with Gasteiger partial charge in [0, 0.05) is 5.02 Å². The van der Waals surface area contributed by atoms with Crippen molar-refractivity contribution in [1.82, 2.24) is 10.4 Å². The molecule has 5 nitrogen and oxygen atoms in total. The highest BCUT2D eigenvalue weighted by atomic mass is 35.5. The minimum atomic E-state index is -0.241. The van der Waals surface area contributed by atoms with E-state index in [9.17, 15) is 4.79 Å². The van der Waals surface area contributed by atoms with E-state index in [2.05, 4.69) is 20.8 Å². The van der Waals surface area contributed by atoms with Gasteiger partial charge in [0.05, 0.1) is 23.0 Å². The Balaban J connectivity index is 1.50. The van der Waals surface area contributed by atoms with E-state index in [1.165, 1.54) is 11.3 Å². The molecule has 2 aromatic carbocycles. The minimum absolute atomic E-state index is 0.109. The zero-order valence-corrected chi connectivity index (χ0v) is 13.6. The van der Waals surface area contributed by atoms with Gasteiger partial charge in [-0.25, -0.2) is 10.4 Å². The Kier molecular flexibility index (Phi) is 4.85. The van der Waals surface area contributed by atoms with Crippen molar-refractivity contribution >= 4 is 50.4 Å². The number of anilines is 1. The summed E-state index contributed by atoms with van der Waals surface area (Å²) in [6.07, 6.45) is 1.56. The number of benzene rings is 2. The molecular weight excluding hydrogens is 332 g/mol. The zero-order chi connectivity index (χ0) is 16.1. The number of nitrogens with zero attached hydrogens (tertiary/aromatic N) is 2. The third-order valence-corrected chi connectivity index (χ3v) is 4.21. The Bertz CT molecular complexity index is 812. The van der Waals surface area contributed by atoms with Crippen LogP contribution in [0.3, 0.4) is 0 Å². The summed E-state index contributed by atoms with van der Waals surface area (Å²) in [6, 6.07) is 15.0. The molecule has 0 saturated carbocycles. The van der Waals surface area contributed by atoms with Crippen LogP contribution < -0.4 is 10.7 Å². The van der Waals surface area contributed by atoms with Gasteiger partial charge in [0.1, 0.15) is 0 Å². The molecule has 1 heterocycles. The van der Waals surface area contributed by atoms with Gasteiger partial charge in [-0.1, -0.05) is 47.2 Å². The molecule has 116 valence electrons. The number of para-hydroxylation sites is 1. The first-order valence-corrected chi connectivity index (χ1v) is 8.07. The van der Waals surface area contributed by atoms with Crippen molar-refractivity contribution in [3.05, 3.63) is 59.1 Å². The fraction of sp³-hybridized carbons (Fsp3) is 0.0625. The van der Waals surface area contributed by atoms with Gasteiger partial charge < -0.3 is 5.32 Å². The van der Waals surface area contributed by atoms with E-state index in [4.69, 9.17) is 11.6 Å². The van der Waals surface area contributed by atoms with Gasteiger partial charge in [0.25, 0.3) is 5.91 Å². The van der Waals surface area contributed by atoms with Crippen molar-refractivity contribution in [3.8, 4) is 0 Å². The molecule has 0 aliphatic rings. The number of thiazole rings is 1. The molecule has 1 aromatic heterocycles. The smallest absolute Gasteiger partial charge is 0.259 e. The number of carbonyl (C=O) groups excluding carboxylic acids is 1. The van der Waals surface area contributed by atoms with Crippen LogP contribution in [0.2, 0.25) is 5.02 Å². The third kappa shape index (κ3) is 4.28. The lowest BCUT2D eigenvalue weighted by atomic mass is 10.2. The Labute approximate surface area is 142 Å². The standard InChI is InChI=1S/C16H13ClN4OS/c17-12-7-5-11(6-8-12)9-19-21-15(22)10-18-16-20-13-3-1-2-4-14(13)23-16/h1-9H,10H2,(H,18,20)(H,21,22)/b19-9-. The second-order valence-corrected chi connectivity index (χ2v) is 6.15. The number of hydrazone groups is 1. The Morgan fingerprint density at radius 3 is 2.78 bits per heavy atom. The van der Waals surface area contributed by atoms with Crippen molar-refractivity contribution in [2.75, 3.05) is 11.9 Å². The molecule has 0 aliphatic heterocycles.